The van der Waals surface area contributed by atoms with Crippen LogP contribution >= 0.6 is 15.9 Å². The summed E-state index contributed by atoms with van der Waals surface area (Å²) in [5, 5.41) is 11.8. The lowest BCUT2D eigenvalue weighted by Gasteiger charge is -2.31. The summed E-state index contributed by atoms with van der Waals surface area (Å²) in [6, 6.07) is 10.0. The molecule has 0 aliphatic heterocycles. The van der Waals surface area contributed by atoms with Crippen molar-refractivity contribution in [1.82, 2.24) is 0 Å². The number of rotatable bonds is 5. The van der Waals surface area contributed by atoms with E-state index in [4.69, 9.17) is 5.73 Å². The van der Waals surface area contributed by atoms with Crippen LogP contribution in [0.5, 0.6) is 0 Å². The van der Waals surface area contributed by atoms with E-state index in [0.717, 1.165) is 10.0 Å². The topological polar surface area (TPSA) is 100 Å². The van der Waals surface area contributed by atoms with E-state index in [2.05, 4.69) is 15.9 Å². The molecule has 0 radical (unpaired) electrons. The van der Waals surface area contributed by atoms with E-state index in [9.17, 15) is 18.3 Å². The first-order chi connectivity index (χ1) is 11.5. The molecule has 1 unspecified atom stereocenters. The summed E-state index contributed by atoms with van der Waals surface area (Å²) in [6.07, 6.45) is -0.391. The Bertz CT molecular complexity index is 900. The highest BCUT2D eigenvalue weighted by Gasteiger charge is 2.44. The van der Waals surface area contributed by atoms with Gasteiger partial charge in [0.15, 0.2) is 4.87 Å². The third-order valence-electron chi connectivity index (χ3n) is 4.08. The highest BCUT2D eigenvalue weighted by molar-refractivity contribution is 9.10. The quantitative estimate of drug-likeness (QED) is 0.788. The van der Waals surface area contributed by atoms with Crippen LogP contribution in [0, 0.1) is 20.8 Å². The van der Waals surface area contributed by atoms with E-state index in [1.54, 1.807) is 50.2 Å². The smallest absolute Gasteiger partial charge is 0.203 e. The van der Waals surface area contributed by atoms with Gasteiger partial charge in [-0.15, -0.1) is 0 Å². The third-order valence-corrected chi connectivity index (χ3v) is 7.06. The maximum absolute atomic E-state index is 13.2. The van der Waals surface area contributed by atoms with Gasteiger partial charge in [-0.3, -0.25) is 0 Å². The molecule has 0 aromatic heterocycles. The first kappa shape index (κ1) is 19.6. The van der Waals surface area contributed by atoms with Crippen LogP contribution in [0.2, 0.25) is 0 Å². The number of sulfone groups is 1. The van der Waals surface area contributed by atoms with Crippen LogP contribution in [0.3, 0.4) is 0 Å². The first-order valence-corrected chi connectivity index (χ1v) is 9.84. The summed E-state index contributed by atoms with van der Waals surface area (Å²) in [6.45, 7) is 5.09. The number of hydrogen-bond acceptors (Lipinski definition) is 5. The summed E-state index contributed by atoms with van der Waals surface area (Å²) < 4.78 is 27.1. The molecule has 25 heavy (non-hydrogen) atoms. The lowest BCUT2D eigenvalue weighted by molar-refractivity contribution is -0.309. The fraction of sp³-hybridized carbons (Fsp3) is 0.278. The van der Waals surface area contributed by atoms with Gasteiger partial charge < -0.3 is 15.6 Å². The molecule has 0 bridgehead atoms. The van der Waals surface area contributed by atoms with Gasteiger partial charge in [-0.2, -0.15) is 0 Å². The molecule has 2 N–H and O–H groups in total. The van der Waals surface area contributed by atoms with Crippen molar-refractivity contribution in [1.29, 1.82) is 0 Å². The van der Waals surface area contributed by atoms with Crippen LogP contribution in [-0.2, 0) is 21.1 Å². The van der Waals surface area contributed by atoms with Crippen molar-refractivity contribution in [2.24, 2.45) is 5.73 Å². The molecule has 0 fully saturated rings. The van der Waals surface area contributed by atoms with Gasteiger partial charge in [-0.1, -0.05) is 45.8 Å². The Morgan fingerprint density at radius 2 is 1.60 bits per heavy atom. The van der Waals surface area contributed by atoms with Crippen molar-refractivity contribution in [3.05, 3.63) is 63.1 Å². The maximum atomic E-state index is 13.2. The highest BCUT2D eigenvalue weighted by atomic mass is 79.9. The predicted octanol–water partition coefficient (Wildman–Crippen LogP) is 1.80. The van der Waals surface area contributed by atoms with E-state index in [-0.39, 0.29) is 4.90 Å². The van der Waals surface area contributed by atoms with Gasteiger partial charge in [-0.05, 0) is 49.6 Å². The number of carbonyl (C=O) groups excluding carboxylic acids is 1. The number of halogens is 1. The predicted molar refractivity (Wildman–Crippen MR) is 97.6 cm³/mol. The van der Waals surface area contributed by atoms with Crippen LogP contribution in [0.1, 0.15) is 22.3 Å². The molecule has 0 aliphatic carbocycles. The van der Waals surface area contributed by atoms with Gasteiger partial charge >= 0.3 is 0 Å². The minimum Gasteiger partial charge on any atom is -0.547 e. The Balaban J connectivity index is 2.63. The lowest BCUT2D eigenvalue weighted by Crippen LogP contribution is -2.62. The second-order valence-electron chi connectivity index (χ2n) is 6.21. The first-order valence-electron chi connectivity index (χ1n) is 7.56. The second kappa shape index (κ2) is 6.90. The van der Waals surface area contributed by atoms with Crippen LogP contribution in [-0.4, -0.2) is 19.3 Å². The van der Waals surface area contributed by atoms with Crippen LogP contribution in [0.4, 0.5) is 0 Å². The lowest BCUT2D eigenvalue weighted by atomic mass is 10.1. The molecule has 0 amide bonds. The Labute approximate surface area is 155 Å². The van der Waals surface area contributed by atoms with E-state index >= 15 is 0 Å². The summed E-state index contributed by atoms with van der Waals surface area (Å²) in [5.41, 5.74) is 8.23. The SMILES string of the molecule is Cc1cc(C)c(S(=O)(=O)C(N)(Cc2ccc(Br)cc2)C(=O)[O-])c(C)c1. The van der Waals surface area contributed by atoms with Gasteiger partial charge in [0.1, 0.15) is 0 Å². The maximum Gasteiger partial charge on any atom is 0.203 e. The van der Waals surface area contributed by atoms with Crippen molar-refractivity contribution < 1.29 is 18.3 Å². The Morgan fingerprint density at radius 3 is 2.04 bits per heavy atom. The molecule has 2 rings (SSSR count). The number of hydrogen-bond donors (Lipinski definition) is 1. The molecule has 7 heteroatoms. The third kappa shape index (κ3) is 3.63. The number of carboxylic acid groups (broad SMARTS) is 1. The van der Waals surface area contributed by atoms with Gasteiger partial charge in [-0.25, -0.2) is 8.42 Å². The van der Waals surface area contributed by atoms with Crippen molar-refractivity contribution in [2.75, 3.05) is 0 Å². The molecule has 5 nitrogen and oxygen atoms in total. The zero-order chi connectivity index (χ0) is 19.0. The molecular formula is C18H19BrNO4S-. The zero-order valence-electron chi connectivity index (χ0n) is 14.2. The van der Waals surface area contributed by atoms with Crippen molar-refractivity contribution in [2.45, 2.75) is 37.0 Å². The number of aliphatic carboxylic acids is 1. The second-order valence-corrected chi connectivity index (χ2v) is 9.27. The Hall–Kier alpha value is -1.70. The minimum absolute atomic E-state index is 0.0538. The van der Waals surface area contributed by atoms with Crippen molar-refractivity contribution >= 4 is 31.7 Å². The van der Waals surface area contributed by atoms with Crippen LogP contribution in [0.25, 0.3) is 0 Å². The van der Waals surface area contributed by atoms with E-state index in [0.29, 0.717) is 16.7 Å². The van der Waals surface area contributed by atoms with Gasteiger partial charge in [0.05, 0.1) is 10.9 Å². The van der Waals surface area contributed by atoms with Crippen LogP contribution < -0.4 is 10.8 Å². The number of nitrogens with two attached hydrogens (primary N) is 1. The average Bonchev–Trinajstić information content (AvgIpc) is 2.47. The number of carboxylic acids is 1. The number of aryl methyl sites for hydroxylation is 3. The summed E-state index contributed by atoms with van der Waals surface area (Å²) >= 11 is 3.28. The van der Waals surface area contributed by atoms with Gasteiger partial charge in [0.2, 0.25) is 9.84 Å². The Kier molecular flexibility index (Phi) is 5.41. The molecule has 1 atom stereocenters. The molecule has 2 aromatic rings. The zero-order valence-corrected chi connectivity index (χ0v) is 16.6. The van der Waals surface area contributed by atoms with Gasteiger partial charge in [0, 0.05) is 10.9 Å². The summed E-state index contributed by atoms with van der Waals surface area (Å²) in [5.74, 6) is -1.82. The highest BCUT2D eigenvalue weighted by Crippen LogP contribution is 2.31. The normalized spacial score (nSPS) is 14.1. The average molecular weight is 425 g/mol. The molecule has 0 saturated carbocycles. The molecule has 2 aromatic carbocycles. The van der Waals surface area contributed by atoms with E-state index in [1.165, 1.54) is 0 Å². The molecular weight excluding hydrogens is 406 g/mol. The standard InChI is InChI=1S/C18H20BrNO4S/c1-11-8-12(2)16(13(3)9-11)25(23,24)18(20,17(21)22)10-14-4-6-15(19)7-5-14/h4-9H,10,20H2,1-3H3,(H,21,22)/p-1. The van der Waals surface area contributed by atoms with E-state index < -0.39 is 27.1 Å². The molecule has 0 heterocycles. The minimum atomic E-state index is -4.38. The molecule has 134 valence electrons. The summed E-state index contributed by atoms with van der Waals surface area (Å²) in [7, 11) is -4.38. The molecule has 0 spiro atoms. The monoisotopic (exact) mass is 424 g/mol. The van der Waals surface area contributed by atoms with E-state index in [1.807, 2.05) is 6.92 Å². The summed E-state index contributed by atoms with van der Waals surface area (Å²) in [4.78, 5) is 9.16. The number of carbonyl (C=O) groups is 1. The van der Waals surface area contributed by atoms with Crippen LogP contribution in [0.15, 0.2) is 45.8 Å². The van der Waals surface area contributed by atoms with Crippen molar-refractivity contribution in [3.63, 3.8) is 0 Å². The Morgan fingerprint density at radius 1 is 1.12 bits per heavy atom. The van der Waals surface area contributed by atoms with Gasteiger partial charge in [0.25, 0.3) is 0 Å². The van der Waals surface area contributed by atoms with Crippen molar-refractivity contribution in [3.8, 4) is 0 Å². The molecule has 0 aliphatic rings. The molecule has 0 saturated heterocycles. The fourth-order valence-corrected chi connectivity index (χ4v) is 5.13. The largest absolute Gasteiger partial charge is 0.547 e. The fourth-order valence-electron chi connectivity index (χ4n) is 2.96. The number of benzene rings is 2.